The van der Waals surface area contributed by atoms with Crippen molar-refractivity contribution < 1.29 is 4.74 Å². The van der Waals surface area contributed by atoms with Gasteiger partial charge in [-0.1, -0.05) is 19.9 Å². The van der Waals surface area contributed by atoms with Gasteiger partial charge in [-0.15, -0.1) is 0 Å². The summed E-state index contributed by atoms with van der Waals surface area (Å²) in [5.74, 6) is 1.03. The van der Waals surface area contributed by atoms with E-state index < -0.39 is 0 Å². The first-order valence-corrected chi connectivity index (χ1v) is 4.43. The summed E-state index contributed by atoms with van der Waals surface area (Å²) in [4.78, 5) is 0. The molecule has 0 aromatic heterocycles. The van der Waals surface area contributed by atoms with Crippen molar-refractivity contribution in [3.8, 4) is 0 Å². The van der Waals surface area contributed by atoms with Gasteiger partial charge < -0.3 is 4.74 Å². The third-order valence-corrected chi connectivity index (χ3v) is 1.27. The zero-order valence-electron chi connectivity index (χ0n) is 7.76. The highest BCUT2D eigenvalue weighted by Crippen LogP contribution is 2.09. The maximum atomic E-state index is 5.26. The smallest absolute Gasteiger partial charge is 0.114 e. The van der Waals surface area contributed by atoms with E-state index in [1.807, 2.05) is 26.8 Å². The second-order valence-corrected chi connectivity index (χ2v) is 2.02. The lowest BCUT2D eigenvalue weighted by Gasteiger charge is -2.06. The minimum Gasteiger partial charge on any atom is -0.494 e. The second-order valence-electron chi connectivity index (χ2n) is 2.02. The van der Waals surface area contributed by atoms with Gasteiger partial charge in [0, 0.05) is 0 Å². The Kier molecular flexibility index (Phi) is 6.90. The molecular weight excluding hydrogens is 136 g/mol. The molecule has 0 fully saturated rings. The van der Waals surface area contributed by atoms with Gasteiger partial charge in [0.15, 0.2) is 0 Å². The lowest BCUT2D eigenvalue weighted by molar-refractivity contribution is 0.240. The van der Waals surface area contributed by atoms with E-state index in [9.17, 15) is 0 Å². The molecule has 0 aromatic carbocycles. The van der Waals surface area contributed by atoms with Crippen LogP contribution >= 0.6 is 0 Å². The van der Waals surface area contributed by atoms with Crippen LogP contribution in [0.4, 0.5) is 0 Å². The Morgan fingerprint density at radius 3 is 2.55 bits per heavy atom. The fourth-order valence-electron chi connectivity index (χ4n) is 0.863. The summed E-state index contributed by atoms with van der Waals surface area (Å²) < 4.78 is 5.26. The highest BCUT2D eigenvalue weighted by atomic mass is 16.5. The van der Waals surface area contributed by atoms with Crippen LogP contribution in [-0.2, 0) is 4.74 Å². The maximum absolute atomic E-state index is 5.26. The third kappa shape index (κ3) is 4.65. The van der Waals surface area contributed by atoms with Gasteiger partial charge in [0.05, 0.1) is 6.61 Å². The molecule has 1 nitrogen and oxygen atoms in total. The van der Waals surface area contributed by atoms with Crippen LogP contribution in [0.3, 0.4) is 0 Å². The summed E-state index contributed by atoms with van der Waals surface area (Å²) >= 11 is 0. The van der Waals surface area contributed by atoms with Crippen molar-refractivity contribution >= 4 is 0 Å². The molecule has 0 amide bonds. The minimum atomic E-state index is 0.774. The lowest BCUT2D eigenvalue weighted by atomic mass is 10.2. The molecule has 1 heteroatoms. The molecule has 0 aromatic rings. The number of rotatable bonds is 2. The van der Waals surface area contributed by atoms with E-state index in [-0.39, 0.29) is 0 Å². The van der Waals surface area contributed by atoms with Crippen molar-refractivity contribution in [1.29, 1.82) is 0 Å². The SMILES string of the molecule is CC.CCOC1=CCCC=C1. The van der Waals surface area contributed by atoms with Crippen molar-refractivity contribution in [2.24, 2.45) is 0 Å². The molecule has 0 radical (unpaired) electrons. The fourth-order valence-corrected chi connectivity index (χ4v) is 0.863. The number of ether oxygens (including phenoxy) is 1. The minimum absolute atomic E-state index is 0.774. The molecule has 0 saturated heterocycles. The number of hydrogen-bond acceptors (Lipinski definition) is 1. The van der Waals surface area contributed by atoms with Gasteiger partial charge in [0.2, 0.25) is 0 Å². The molecule has 0 bridgehead atoms. The molecule has 0 unspecified atom stereocenters. The fraction of sp³-hybridized carbons (Fsp3) is 0.600. The zero-order chi connectivity index (χ0) is 8.53. The average Bonchev–Trinajstić information content (AvgIpc) is 2.11. The number of allylic oxidation sites excluding steroid dienone is 3. The van der Waals surface area contributed by atoms with E-state index in [2.05, 4.69) is 12.2 Å². The highest BCUT2D eigenvalue weighted by Gasteiger charge is 1.94. The van der Waals surface area contributed by atoms with Crippen molar-refractivity contribution in [2.45, 2.75) is 33.6 Å². The molecular formula is C10H18O. The first kappa shape index (κ1) is 10.3. The van der Waals surface area contributed by atoms with Gasteiger partial charge in [0.25, 0.3) is 0 Å². The molecule has 0 atom stereocenters. The van der Waals surface area contributed by atoms with Gasteiger partial charge in [-0.2, -0.15) is 0 Å². The van der Waals surface area contributed by atoms with E-state index in [1.54, 1.807) is 0 Å². The van der Waals surface area contributed by atoms with Crippen LogP contribution in [0.5, 0.6) is 0 Å². The Balaban J connectivity index is 0.000000461. The highest BCUT2D eigenvalue weighted by molar-refractivity contribution is 5.15. The van der Waals surface area contributed by atoms with Crippen molar-refractivity contribution in [2.75, 3.05) is 6.61 Å². The van der Waals surface area contributed by atoms with Crippen LogP contribution in [0.15, 0.2) is 24.0 Å². The van der Waals surface area contributed by atoms with E-state index in [1.165, 1.54) is 0 Å². The Morgan fingerprint density at radius 2 is 2.09 bits per heavy atom. The molecule has 0 spiro atoms. The average molecular weight is 154 g/mol. The Labute approximate surface area is 69.8 Å². The van der Waals surface area contributed by atoms with Crippen LogP contribution in [0.25, 0.3) is 0 Å². The summed E-state index contributed by atoms with van der Waals surface area (Å²) in [5.41, 5.74) is 0. The maximum Gasteiger partial charge on any atom is 0.114 e. The summed E-state index contributed by atoms with van der Waals surface area (Å²) in [7, 11) is 0. The molecule has 11 heavy (non-hydrogen) atoms. The van der Waals surface area contributed by atoms with Gasteiger partial charge in [-0.05, 0) is 31.9 Å². The zero-order valence-corrected chi connectivity index (χ0v) is 7.76. The Bertz CT molecular complexity index is 134. The van der Waals surface area contributed by atoms with Crippen molar-refractivity contribution in [3.05, 3.63) is 24.0 Å². The van der Waals surface area contributed by atoms with Crippen LogP contribution in [0.2, 0.25) is 0 Å². The molecule has 1 aliphatic rings. The first-order valence-electron chi connectivity index (χ1n) is 4.43. The van der Waals surface area contributed by atoms with E-state index in [4.69, 9.17) is 4.74 Å². The van der Waals surface area contributed by atoms with Crippen molar-refractivity contribution in [3.63, 3.8) is 0 Å². The van der Waals surface area contributed by atoms with Crippen LogP contribution in [0.1, 0.15) is 33.6 Å². The second kappa shape index (κ2) is 7.39. The summed E-state index contributed by atoms with van der Waals surface area (Å²) in [6.07, 6.45) is 8.60. The molecule has 0 saturated carbocycles. The quantitative estimate of drug-likeness (QED) is 0.593. The Hall–Kier alpha value is -0.720. The first-order chi connectivity index (χ1) is 5.43. The molecule has 64 valence electrons. The van der Waals surface area contributed by atoms with Gasteiger partial charge >= 0.3 is 0 Å². The topological polar surface area (TPSA) is 9.23 Å². The van der Waals surface area contributed by atoms with Crippen molar-refractivity contribution in [1.82, 2.24) is 0 Å². The summed E-state index contributed by atoms with van der Waals surface area (Å²) in [6, 6.07) is 0. The van der Waals surface area contributed by atoms with E-state index >= 15 is 0 Å². The standard InChI is InChI=1S/C8H12O.C2H6/c1-2-9-8-6-4-3-5-7-8;1-2/h4,6-7H,2-3,5H2,1H3;1-2H3. The predicted octanol–water partition coefficient (Wildman–Crippen LogP) is 3.28. The summed E-state index contributed by atoms with van der Waals surface area (Å²) in [6.45, 7) is 6.78. The largest absolute Gasteiger partial charge is 0.494 e. The summed E-state index contributed by atoms with van der Waals surface area (Å²) in [5, 5.41) is 0. The third-order valence-electron chi connectivity index (χ3n) is 1.27. The van der Waals surface area contributed by atoms with Gasteiger partial charge in [0.1, 0.15) is 5.76 Å². The predicted molar refractivity (Wildman–Crippen MR) is 49.4 cm³/mol. The lowest BCUT2D eigenvalue weighted by Crippen LogP contribution is -1.90. The molecule has 1 rings (SSSR count). The molecule has 0 N–H and O–H groups in total. The molecule has 0 aliphatic heterocycles. The molecule has 0 heterocycles. The monoisotopic (exact) mass is 154 g/mol. The van der Waals surface area contributed by atoms with Gasteiger partial charge in [-0.3, -0.25) is 0 Å². The van der Waals surface area contributed by atoms with Crippen LogP contribution in [-0.4, -0.2) is 6.61 Å². The van der Waals surface area contributed by atoms with Crippen LogP contribution < -0.4 is 0 Å². The Morgan fingerprint density at radius 1 is 1.36 bits per heavy atom. The van der Waals surface area contributed by atoms with E-state index in [0.29, 0.717) is 0 Å². The number of hydrogen-bond donors (Lipinski definition) is 0. The van der Waals surface area contributed by atoms with Crippen LogP contribution in [0, 0.1) is 0 Å². The normalized spacial score (nSPS) is 14.6. The molecule has 1 aliphatic carbocycles. The van der Waals surface area contributed by atoms with Gasteiger partial charge in [-0.25, -0.2) is 0 Å². The van der Waals surface area contributed by atoms with E-state index in [0.717, 1.165) is 25.2 Å².